The Morgan fingerprint density at radius 2 is 2.17 bits per heavy atom. The summed E-state index contributed by atoms with van der Waals surface area (Å²) >= 11 is 0. The SMILES string of the molecule is c1ccc(COc2cc3n(n2)CCCNC3)cc1. The molecule has 4 heteroatoms. The highest BCUT2D eigenvalue weighted by atomic mass is 16.5. The van der Waals surface area contributed by atoms with Crippen LogP contribution < -0.4 is 10.1 Å². The minimum Gasteiger partial charge on any atom is -0.472 e. The number of nitrogens with zero attached hydrogens (tertiary/aromatic N) is 2. The molecule has 4 nitrogen and oxygen atoms in total. The second kappa shape index (κ2) is 5.23. The largest absolute Gasteiger partial charge is 0.472 e. The number of hydrogen-bond donors (Lipinski definition) is 1. The smallest absolute Gasteiger partial charge is 0.233 e. The highest BCUT2D eigenvalue weighted by Crippen LogP contribution is 2.15. The minimum atomic E-state index is 0.574. The zero-order chi connectivity index (χ0) is 12.2. The Morgan fingerprint density at radius 1 is 1.28 bits per heavy atom. The molecule has 94 valence electrons. The fraction of sp³-hybridized carbons (Fsp3) is 0.357. The van der Waals surface area contributed by atoms with E-state index in [9.17, 15) is 0 Å². The van der Waals surface area contributed by atoms with Crippen LogP contribution in [-0.2, 0) is 19.7 Å². The number of ether oxygens (including phenoxy) is 1. The zero-order valence-electron chi connectivity index (χ0n) is 10.3. The Hall–Kier alpha value is -1.81. The zero-order valence-corrected chi connectivity index (χ0v) is 10.3. The second-order valence-corrected chi connectivity index (χ2v) is 4.50. The summed E-state index contributed by atoms with van der Waals surface area (Å²) in [5.41, 5.74) is 2.37. The molecule has 1 aliphatic heterocycles. The van der Waals surface area contributed by atoms with E-state index in [1.165, 1.54) is 11.3 Å². The molecule has 3 rings (SSSR count). The summed E-state index contributed by atoms with van der Waals surface area (Å²) in [6, 6.07) is 12.2. The van der Waals surface area contributed by atoms with E-state index in [0.29, 0.717) is 6.61 Å². The van der Waals surface area contributed by atoms with Gasteiger partial charge in [0.05, 0.1) is 5.69 Å². The van der Waals surface area contributed by atoms with Gasteiger partial charge in [0.2, 0.25) is 5.88 Å². The van der Waals surface area contributed by atoms with Crippen molar-refractivity contribution in [2.75, 3.05) is 6.54 Å². The molecule has 2 heterocycles. The summed E-state index contributed by atoms with van der Waals surface area (Å²) in [7, 11) is 0. The highest BCUT2D eigenvalue weighted by molar-refractivity contribution is 5.18. The van der Waals surface area contributed by atoms with Crippen LogP contribution in [0, 0.1) is 0 Å². The maximum Gasteiger partial charge on any atom is 0.233 e. The van der Waals surface area contributed by atoms with Gasteiger partial charge in [0.25, 0.3) is 0 Å². The molecule has 1 aromatic heterocycles. The normalized spacial score (nSPS) is 14.9. The monoisotopic (exact) mass is 243 g/mol. The van der Waals surface area contributed by atoms with Crippen LogP contribution in [0.4, 0.5) is 0 Å². The lowest BCUT2D eigenvalue weighted by molar-refractivity contribution is 0.289. The van der Waals surface area contributed by atoms with Gasteiger partial charge in [-0.15, -0.1) is 5.10 Å². The van der Waals surface area contributed by atoms with Crippen molar-refractivity contribution >= 4 is 0 Å². The summed E-state index contributed by atoms with van der Waals surface area (Å²) in [5, 5.41) is 7.85. The van der Waals surface area contributed by atoms with Crippen LogP contribution in [0.5, 0.6) is 5.88 Å². The molecular weight excluding hydrogens is 226 g/mol. The fourth-order valence-corrected chi connectivity index (χ4v) is 2.14. The Balaban J connectivity index is 1.67. The molecule has 0 spiro atoms. The van der Waals surface area contributed by atoms with Crippen molar-refractivity contribution < 1.29 is 4.74 Å². The average Bonchev–Trinajstić information content (AvgIpc) is 2.68. The summed E-state index contributed by atoms with van der Waals surface area (Å²) < 4.78 is 7.77. The fourth-order valence-electron chi connectivity index (χ4n) is 2.14. The molecule has 0 saturated carbocycles. The highest BCUT2D eigenvalue weighted by Gasteiger charge is 2.11. The number of nitrogens with one attached hydrogen (secondary N) is 1. The van der Waals surface area contributed by atoms with E-state index < -0.39 is 0 Å². The first-order chi connectivity index (χ1) is 8.92. The van der Waals surface area contributed by atoms with Gasteiger partial charge in [-0.05, 0) is 18.5 Å². The van der Waals surface area contributed by atoms with Gasteiger partial charge in [0, 0.05) is 19.2 Å². The maximum atomic E-state index is 5.73. The molecule has 0 radical (unpaired) electrons. The Bertz CT molecular complexity index is 484. The quantitative estimate of drug-likeness (QED) is 0.895. The molecule has 18 heavy (non-hydrogen) atoms. The number of benzene rings is 1. The topological polar surface area (TPSA) is 39.1 Å². The van der Waals surface area contributed by atoms with Crippen molar-refractivity contribution in [2.45, 2.75) is 26.1 Å². The number of rotatable bonds is 3. The molecule has 0 bridgehead atoms. The van der Waals surface area contributed by atoms with E-state index >= 15 is 0 Å². The van der Waals surface area contributed by atoms with Crippen LogP contribution >= 0.6 is 0 Å². The van der Waals surface area contributed by atoms with Gasteiger partial charge in [0.15, 0.2) is 0 Å². The van der Waals surface area contributed by atoms with Crippen LogP contribution in [-0.4, -0.2) is 16.3 Å². The van der Waals surface area contributed by atoms with Crippen LogP contribution in [0.1, 0.15) is 17.7 Å². The van der Waals surface area contributed by atoms with E-state index in [4.69, 9.17) is 4.74 Å². The van der Waals surface area contributed by atoms with Gasteiger partial charge in [-0.2, -0.15) is 0 Å². The van der Waals surface area contributed by atoms with E-state index in [-0.39, 0.29) is 0 Å². The first-order valence-electron chi connectivity index (χ1n) is 6.36. The predicted octanol–water partition coefficient (Wildman–Crippen LogP) is 1.96. The Morgan fingerprint density at radius 3 is 3.06 bits per heavy atom. The lowest BCUT2D eigenvalue weighted by Gasteiger charge is -2.02. The molecule has 1 aromatic carbocycles. The number of aromatic nitrogens is 2. The Labute approximate surface area is 107 Å². The van der Waals surface area contributed by atoms with Crippen LogP contribution in [0.15, 0.2) is 36.4 Å². The van der Waals surface area contributed by atoms with Crippen LogP contribution in [0.3, 0.4) is 0 Å². The van der Waals surface area contributed by atoms with Gasteiger partial charge >= 0.3 is 0 Å². The summed E-state index contributed by atoms with van der Waals surface area (Å²) in [6.07, 6.45) is 1.12. The van der Waals surface area contributed by atoms with Gasteiger partial charge < -0.3 is 10.1 Å². The second-order valence-electron chi connectivity index (χ2n) is 4.50. The lowest BCUT2D eigenvalue weighted by atomic mass is 10.2. The van der Waals surface area contributed by atoms with E-state index in [1.54, 1.807) is 0 Å². The third-order valence-electron chi connectivity index (χ3n) is 3.10. The molecule has 0 saturated heterocycles. The summed E-state index contributed by atoms with van der Waals surface area (Å²) in [4.78, 5) is 0. The number of aryl methyl sites for hydroxylation is 1. The molecule has 0 fully saturated rings. The molecule has 0 aliphatic carbocycles. The Kier molecular flexibility index (Phi) is 3.28. The van der Waals surface area contributed by atoms with E-state index in [1.807, 2.05) is 28.9 Å². The third kappa shape index (κ3) is 2.54. The van der Waals surface area contributed by atoms with E-state index in [2.05, 4.69) is 22.5 Å². The van der Waals surface area contributed by atoms with Gasteiger partial charge in [-0.1, -0.05) is 30.3 Å². The standard InChI is InChI=1S/C14H17N3O/c1-2-5-12(6-3-1)11-18-14-9-13-10-15-7-4-8-17(13)16-14/h1-3,5-6,9,15H,4,7-8,10-11H2. The van der Waals surface area contributed by atoms with E-state index in [0.717, 1.165) is 31.9 Å². The first-order valence-corrected chi connectivity index (χ1v) is 6.36. The predicted molar refractivity (Wildman–Crippen MR) is 69.3 cm³/mol. The van der Waals surface area contributed by atoms with Crippen molar-refractivity contribution in [3.05, 3.63) is 47.7 Å². The molecule has 0 unspecified atom stereocenters. The van der Waals surface area contributed by atoms with Crippen LogP contribution in [0.2, 0.25) is 0 Å². The summed E-state index contributed by atoms with van der Waals surface area (Å²) in [5.74, 6) is 0.720. The lowest BCUT2D eigenvalue weighted by Crippen LogP contribution is -2.11. The van der Waals surface area contributed by atoms with Gasteiger partial charge in [0.1, 0.15) is 6.61 Å². The molecule has 0 atom stereocenters. The molecule has 1 aliphatic rings. The average molecular weight is 243 g/mol. The van der Waals surface area contributed by atoms with Crippen molar-refractivity contribution in [1.82, 2.24) is 15.1 Å². The maximum absolute atomic E-state index is 5.73. The van der Waals surface area contributed by atoms with Crippen molar-refractivity contribution in [3.63, 3.8) is 0 Å². The van der Waals surface area contributed by atoms with Crippen molar-refractivity contribution in [2.24, 2.45) is 0 Å². The summed E-state index contributed by atoms with van der Waals surface area (Å²) in [6.45, 7) is 3.48. The minimum absolute atomic E-state index is 0.574. The van der Waals surface area contributed by atoms with Gasteiger partial charge in [-0.25, -0.2) is 0 Å². The third-order valence-corrected chi connectivity index (χ3v) is 3.10. The molecule has 0 amide bonds. The van der Waals surface area contributed by atoms with Crippen molar-refractivity contribution in [1.29, 1.82) is 0 Å². The number of hydrogen-bond acceptors (Lipinski definition) is 3. The number of fused-ring (bicyclic) bond motifs is 1. The van der Waals surface area contributed by atoms with Crippen molar-refractivity contribution in [3.8, 4) is 5.88 Å². The first kappa shape index (κ1) is 11.3. The van der Waals surface area contributed by atoms with Gasteiger partial charge in [-0.3, -0.25) is 4.68 Å². The molecule has 1 N–H and O–H groups in total. The molecule has 2 aromatic rings. The molecular formula is C14H17N3O. The van der Waals surface area contributed by atoms with Crippen LogP contribution in [0.25, 0.3) is 0 Å².